The van der Waals surface area contributed by atoms with E-state index in [1.807, 2.05) is 4.90 Å². The summed E-state index contributed by atoms with van der Waals surface area (Å²) in [6, 6.07) is 8.97. The second kappa shape index (κ2) is 6.55. The van der Waals surface area contributed by atoms with E-state index >= 15 is 0 Å². The van der Waals surface area contributed by atoms with E-state index in [0.29, 0.717) is 31.6 Å². The van der Waals surface area contributed by atoms with Gasteiger partial charge in [0.25, 0.3) is 0 Å². The number of carbonyl (C=O) groups excluding carboxylic acids is 1. The molecule has 0 radical (unpaired) electrons. The van der Waals surface area contributed by atoms with Crippen LogP contribution in [0, 0.1) is 5.82 Å². The third-order valence-corrected chi connectivity index (χ3v) is 6.14. The SMILES string of the molecule is O=C1[C@@H](N2CCc3c2ccc(F)c3Cl)CCN1c1ccc([SH](=O)=O)cc1. The maximum atomic E-state index is 13.7. The van der Waals surface area contributed by atoms with Crippen molar-refractivity contribution in [3.63, 3.8) is 0 Å². The van der Waals surface area contributed by atoms with Crippen molar-refractivity contribution in [2.45, 2.75) is 23.8 Å². The maximum absolute atomic E-state index is 13.7. The summed E-state index contributed by atoms with van der Waals surface area (Å²) in [4.78, 5) is 16.8. The summed E-state index contributed by atoms with van der Waals surface area (Å²) in [7, 11) is -2.64. The Kier molecular flexibility index (Phi) is 4.36. The van der Waals surface area contributed by atoms with E-state index in [4.69, 9.17) is 11.6 Å². The van der Waals surface area contributed by atoms with Crippen molar-refractivity contribution >= 4 is 39.6 Å². The van der Waals surface area contributed by atoms with Crippen LogP contribution in [0.3, 0.4) is 0 Å². The normalized spacial score (nSPS) is 19.5. The first-order valence-corrected chi connectivity index (χ1v) is 9.82. The smallest absolute Gasteiger partial charge is 0.249 e. The Hall–Kier alpha value is -2.12. The number of thiol groups is 1. The van der Waals surface area contributed by atoms with Crippen molar-refractivity contribution in [2.24, 2.45) is 0 Å². The first kappa shape index (κ1) is 17.3. The van der Waals surface area contributed by atoms with Gasteiger partial charge < -0.3 is 9.80 Å². The zero-order valence-corrected chi connectivity index (χ0v) is 15.3. The van der Waals surface area contributed by atoms with Crippen molar-refractivity contribution in [1.82, 2.24) is 0 Å². The van der Waals surface area contributed by atoms with Crippen molar-refractivity contribution in [3.05, 3.63) is 52.8 Å². The van der Waals surface area contributed by atoms with Gasteiger partial charge in [-0.15, -0.1) is 0 Å². The molecule has 1 amide bonds. The van der Waals surface area contributed by atoms with Gasteiger partial charge in [-0.3, -0.25) is 4.79 Å². The van der Waals surface area contributed by atoms with Gasteiger partial charge in [0.1, 0.15) is 11.9 Å². The molecule has 2 aliphatic rings. The van der Waals surface area contributed by atoms with Crippen LogP contribution in [0.2, 0.25) is 5.02 Å². The fourth-order valence-electron chi connectivity index (χ4n) is 3.73. The summed E-state index contributed by atoms with van der Waals surface area (Å²) in [5, 5.41) is 0.134. The molecule has 2 aliphatic heterocycles. The topological polar surface area (TPSA) is 57.7 Å². The van der Waals surface area contributed by atoms with E-state index < -0.39 is 16.5 Å². The average molecular weight is 395 g/mol. The Labute approximate surface area is 156 Å². The molecule has 1 saturated heterocycles. The lowest BCUT2D eigenvalue weighted by Crippen LogP contribution is -2.41. The van der Waals surface area contributed by atoms with E-state index in [9.17, 15) is 17.6 Å². The van der Waals surface area contributed by atoms with Gasteiger partial charge in [-0.25, -0.2) is 12.8 Å². The highest BCUT2D eigenvalue weighted by Gasteiger charge is 2.39. The largest absolute Gasteiger partial charge is 0.359 e. The van der Waals surface area contributed by atoms with Crippen molar-refractivity contribution in [2.75, 3.05) is 22.9 Å². The van der Waals surface area contributed by atoms with Crippen LogP contribution >= 0.6 is 11.6 Å². The molecule has 26 heavy (non-hydrogen) atoms. The van der Waals surface area contributed by atoms with E-state index in [-0.39, 0.29) is 21.9 Å². The Morgan fingerprint density at radius 2 is 1.81 bits per heavy atom. The predicted octanol–water partition coefficient (Wildman–Crippen LogP) is 2.62. The molecule has 136 valence electrons. The number of nitrogens with zero attached hydrogens (tertiary/aromatic N) is 2. The summed E-state index contributed by atoms with van der Waals surface area (Å²) in [6.07, 6.45) is 1.26. The second-order valence-electron chi connectivity index (χ2n) is 6.37. The number of rotatable bonds is 3. The molecule has 0 aliphatic carbocycles. The number of anilines is 2. The fourth-order valence-corrected chi connectivity index (χ4v) is 4.38. The highest BCUT2D eigenvalue weighted by atomic mass is 35.5. The van der Waals surface area contributed by atoms with Gasteiger partial charge in [-0.05, 0) is 54.8 Å². The van der Waals surface area contributed by atoms with Crippen LogP contribution in [0.5, 0.6) is 0 Å². The maximum Gasteiger partial charge on any atom is 0.249 e. The third-order valence-electron chi connectivity index (χ3n) is 5.01. The standard InChI is InChI=1S/C18H16ClFN2O3S/c19-17-13-7-9-22(15(13)6-5-14(17)20)16-8-10-21(18(16)23)11-1-3-12(4-2-11)26(24)25/h1-6,16,26H,7-10H2/t16-/m0/s1. The second-order valence-corrected chi connectivity index (χ2v) is 7.78. The highest BCUT2D eigenvalue weighted by molar-refractivity contribution is 7.72. The lowest BCUT2D eigenvalue weighted by Gasteiger charge is -2.26. The molecular weight excluding hydrogens is 379 g/mol. The molecule has 0 unspecified atom stereocenters. The Bertz CT molecular complexity index is 954. The summed E-state index contributed by atoms with van der Waals surface area (Å²) >= 11 is 6.07. The lowest BCUT2D eigenvalue weighted by molar-refractivity contribution is -0.118. The number of halogens is 2. The van der Waals surface area contributed by atoms with Gasteiger partial charge in [0.05, 0.1) is 9.92 Å². The van der Waals surface area contributed by atoms with Crippen LogP contribution < -0.4 is 9.80 Å². The van der Waals surface area contributed by atoms with Crippen LogP contribution in [-0.4, -0.2) is 33.5 Å². The molecule has 4 rings (SSSR count). The van der Waals surface area contributed by atoms with Gasteiger partial charge >= 0.3 is 0 Å². The van der Waals surface area contributed by atoms with E-state index in [1.54, 1.807) is 23.1 Å². The summed E-state index contributed by atoms with van der Waals surface area (Å²) in [5.74, 6) is -0.485. The summed E-state index contributed by atoms with van der Waals surface area (Å²) in [5.41, 5.74) is 2.24. The molecule has 2 aromatic carbocycles. The molecule has 0 aromatic heterocycles. The molecule has 0 bridgehead atoms. The highest BCUT2D eigenvalue weighted by Crippen LogP contribution is 2.38. The van der Waals surface area contributed by atoms with Crippen molar-refractivity contribution in [1.29, 1.82) is 0 Å². The molecule has 0 spiro atoms. The third kappa shape index (κ3) is 2.75. The number of fused-ring (bicyclic) bond motifs is 1. The van der Waals surface area contributed by atoms with Gasteiger partial charge in [-0.1, -0.05) is 11.6 Å². The Morgan fingerprint density at radius 3 is 2.50 bits per heavy atom. The zero-order valence-electron chi connectivity index (χ0n) is 13.7. The average Bonchev–Trinajstić information content (AvgIpc) is 3.22. The van der Waals surface area contributed by atoms with E-state index in [2.05, 4.69) is 0 Å². The minimum atomic E-state index is -2.64. The molecule has 2 heterocycles. The first-order valence-electron chi connectivity index (χ1n) is 8.26. The monoisotopic (exact) mass is 394 g/mol. The Balaban J connectivity index is 1.58. The number of carbonyl (C=O) groups is 1. The van der Waals surface area contributed by atoms with E-state index in [1.165, 1.54) is 18.2 Å². The van der Waals surface area contributed by atoms with Gasteiger partial charge in [0.2, 0.25) is 5.91 Å². The van der Waals surface area contributed by atoms with Crippen LogP contribution in [0.4, 0.5) is 15.8 Å². The number of benzene rings is 2. The van der Waals surface area contributed by atoms with Crippen LogP contribution in [0.1, 0.15) is 12.0 Å². The van der Waals surface area contributed by atoms with Crippen LogP contribution in [0.25, 0.3) is 0 Å². The molecule has 1 atom stereocenters. The zero-order chi connectivity index (χ0) is 18.4. The first-order chi connectivity index (χ1) is 12.5. The molecule has 0 N–H and O–H groups in total. The summed E-state index contributed by atoms with van der Waals surface area (Å²) in [6.45, 7) is 1.17. The van der Waals surface area contributed by atoms with E-state index in [0.717, 1.165) is 11.3 Å². The number of amides is 1. The van der Waals surface area contributed by atoms with Gasteiger partial charge in [0.15, 0.2) is 10.7 Å². The fraction of sp³-hybridized carbons (Fsp3) is 0.278. The minimum Gasteiger partial charge on any atom is -0.359 e. The Morgan fingerprint density at radius 1 is 1.08 bits per heavy atom. The molecule has 1 fully saturated rings. The summed E-state index contributed by atoms with van der Waals surface area (Å²) < 4.78 is 35.7. The number of hydrogen-bond acceptors (Lipinski definition) is 4. The molecule has 8 heteroatoms. The molecule has 2 aromatic rings. The van der Waals surface area contributed by atoms with Crippen molar-refractivity contribution < 1.29 is 17.6 Å². The van der Waals surface area contributed by atoms with Gasteiger partial charge in [0, 0.05) is 24.5 Å². The quantitative estimate of drug-likeness (QED) is 0.813. The van der Waals surface area contributed by atoms with Gasteiger partial charge in [-0.2, -0.15) is 0 Å². The molecule has 5 nitrogen and oxygen atoms in total. The predicted molar refractivity (Wildman–Crippen MR) is 98.2 cm³/mol. The van der Waals surface area contributed by atoms with Crippen LogP contribution in [-0.2, 0) is 21.9 Å². The molecule has 0 saturated carbocycles. The van der Waals surface area contributed by atoms with Crippen molar-refractivity contribution in [3.8, 4) is 0 Å². The lowest BCUT2D eigenvalue weighted by atomic mass is 10.1. The molecular formula is C18H16ClFN2O3S. The van der Waals surface area contributed by atoms with Crippen LogP contribution in [0.15, 0.2) is 41.3 Å². The minimum absolute atomic E-state index is 0.0439. The number of hydrogen-bond donors (Lipinski definition) is 1.